The van der Waals surface area contributed by atoms with Crippen molar-refractivity contribution in [2.75, 3.05) is 24.7 Å². The van der Waals surface area contributed by atoms with E-state index in [9.17, 15) is 0 Å². The molecule has 0 spiro atoms. The smallest absolute Gasteiger partial charge is 0.123 e. The molecule has 2 rings (SSSR count). The number of nitrogens with two attached hydrogens (primary N) is 1. The van der Waals surface area contributed by atoms with Gasteiger partial charge < -0.3 is 15.4 Å². The van der Waals surface area contributed by atoms with Crippen molar-refractivity contribution in [3.05, 3.63) is 18.2 Å². The van der Waals surface area contributed by atoms with Crippen LogP contribution in [-0.4, -0.2) is 20.2 Å². The third-order valence-corrected chi connectivity index (χ3v) is 2.26. The zero-order valence-electron chi connectivity index (χ0n) is 8.66. The van der Waals surface area contributed by atoms with Crippen molar-refractivity contribution in [2.45, 2.75) is 18.9 Å². The molecule has 76 valence electrons. The summed E-state index contributed by atoms with van der Waals surface area (Å²) in [4.78, 5) is 2.02. The largest absolute Gasteiger partial charge is 0.490 e. The first-order valence-corrected chi connectivity index (χ1v) is 4.90. The van der Waals surface area contributed by atoms with Gasteiger partial charge in [-0.2, -0.15) is 0 Å². The minimum atomic E-state index is 0.423. The summed E-state index contributed by atoms with van der Waals surface area (Å²) in [5, 5.41) is 0. The van der Waals surface area contributed by atoms with Crippen molar-refractivity contribution < 1.29 is 4.74 Å². The molecule has 0 aromatic heterocycles. The quantitative estimate of drug-likeness (QED) is 0.743. The molecule has 2 N–H and O–H groups in total. The fraction of sp³-hybridized carbons (Fsp3) is 0.455. The Morgan fingerprint density at radius 1 is 1.29 bits per heavy atom. The Bertz CT molecular complexity index is 332. The molecule has 0 amide bonds. The molecule has 0 atom stereocenters. The monoisotopic (exact) mass is 192 g/mol. The minimum Gasteiger partial charge on any atom is -0.490 e. The Balaban J connectivity index is 2.21. The van der Waals surface area contributed by atoms with Gasteiger partial charge in [-0.25, -0.2) is 0 Å². The van der Waals surface area contributed by atoms with E-state index in [1.54, 1.807) is 0 Å². The van der Waals surface area contributed by atoms with Gasteiger partial charge in [0.2, 0.25) is 0 Å². The highest BCUT2D eigenvalue weighted by molar-refractivity contribution is 5.59. The first kappa shape index (κ1) is 9.19. The van der Waals surface area contributed by atoms with Gasteiger partial charge in [-0.3, -0.25) is 0 Å². The summed E-state index contributed by atoms with van der Waals surface area (Å²) in [5.41, 5.74) is 7.63. The van der Waals surface area contributed by atoms with Crippen LogP contribution in [0.25, 0.3) is 0 Å². The van der Waals surface area contributed by atoms with E-state index in [0.717, 1.165) is 17.1 Å². The average Bonchev–Trinajstić information content (AvgIpc) is 2.87. The van der Waals surface area contributed by atoms with Gasteiger partial charge >= 0.3 is 0 Å². The Labute approximate surface area is 84.5 Å². The van der Waals surface area contributed by atoms with Crippen molar-refractivity contribution in [3.63, 3.8) is 0 Å². The molecule has 1 aliphatic carbocycles. The first-order chi connectivity index (χ1) is 6.65. The third kappa shape index (κ3) is 2.10. The van der Waals surface area contributed by atoms with Crippen LogP contribution in [0.4, 0.5) is 11.4 Å². The normalized spacial score (nSPS) is 15.3. The van der Waals surface area contributed by atoms with Gasteiger partial charge in [0.25, 0.3) is 0 Å². The molecule has 0 radical (unpaired) electrons. The molecule has 0 saturated heterocycles. The molecular formula is C11H16N2O. The van der Waals surface area contributed by atoms with E-state index in [1.165, 1.54) is 12.8 Å². The van der Waals surface area contributed by atoms with Crippen LogP contribution >= 0.6 is 0 Å². The van der Waals surface area contributed by atoms with Gasteiger partial charge in [0.1, 0.15) is 5.75 Å². The summed E-state index contributed by atoms with van der Waals surface area (Å²) < 4.78 is 5.69. The Kier molecular flexibility index (Phi) is 2.23. The van der Waals surface area contributed by atoms with Crippen LogP contribution in [0.15, 0.2) is 18.2 Å². The molecule has 0 unspecified atom stereocenters. The summed E-state index contributed by atoms with van der Waals surface area (Å²) in [7, 11) is 3.99. The highest BCUT2D eigenvalue weighted by Gasteiger charge is 2.23. The van der Waals surface area contributed by atoms with E-state index in [4.69, 9.17) is 10.5 Å². The molecule has 0 heterocycles. The minimum absolute atomic E-state index is 0.423. The number of rotatable bonds is 3. The number of nitrogens with zero attached hydrogens (tertiary/aromatic N) is 1. The summed E-state index contributed by atoms with van der Waals surface area (Å²) in [6, 6.07) is 5.85. The topological polar surface area (TPSA) is 38.5 Å². The highest BCUT2D eigenvalue weighted by atomic mass is 16.5. The number of ether oxygens (including phenoxy) is 1. The summed E-state index contributed by atoms with van der Waals surface area (Å²) >= 11 is 0. The highest BCUT2D eigenvalue weighted by Crippen LogP contribution is 2.30. The molecule has 1 saturated carbocycles. The molecular weight excluding hydrogens is 176 g/mol. The van der Waals surface area contributed by atoms with Crippen molar-refractivity contribution >= 4 is 11.4 Å². The van der Waals surface area contributed by atoms with Crippen molar-refractivity contribution in [1.82, 2.24) is 0 Å². The van der Waals surface area contributed by atoms with E-state index >= 15 is 0 Å². The van der Waals surface area contributed by atoms with Crippen LogP contribution in [0.5, 0.6) is 5.75 Å². The number of nitrogen functional groups attached to an aromatic ring is 1. The van der Waals surface area contributed by atoms with Crippen LogP contribution in [-0.2, 0) is 0 Å². The molecule has 1 aromatic carbocycles. The average molecular weight is 192 g/mol. The fourth-order valence-corrected chi connectivity index (χ4v) is 1.31. The summed E-state index contributed by atoms with van der Waals surface area (Å²) in [6.07, 6.45) is 2.77. The molecule has 3 nitrogen and oxygen atoms in total. The zero-order chi connectivity index (χ0) is 10.1. The molecule has 0 bridgehead atoms. The lowest BCUT2D eigenvalue weighted by atomic mass is 10.2. The van der Waals surface area contributed by atoms with Crippen molar-refractivity contribution in [1.29, 1.82) is 0 Å². The van der Waals surface area contributed by atoms with E-state index in [1.807, 2.05) is 37.2 Å². The SMILES string of the molecule is CN(C)c1cc(N)cc(OC2CC2)c1. The predicted molar refractivity (Wildman–Crippen MR) is 58.8 cm³/mol. The van der Waals surface area contributed by atoms with Gasteiger partial charge in [-0.05, 0) is 18.9 Å². The Hall–Kier alpha value is -1.38. The third-order valence-electron chi connectivity index (χ3n) is 2.26. The lowest BCUT2D eigenvalue weighted by Crippen LogP contribution is -2.09. The second-order valence-electron chi connectivity index (χ2n) is 3.97. The molecule has 1 fully saturated rings. The van der Waals surface area contributed by atoms with Crippen LogP contribution < -0.4 is 15.4 Å². The van der Waals surface area contributed by atoms with Gasteiger partial charge in [0.15, 0.2) is 0 Å². The van der Waals surface area contributed by atoms with Crippen LogP contribution in [0.1, 0.15) is 12.8 Å². The Morgan fingerprint density at radius 2 is 2.00 bits per heavy atom. The van der Waals surface area contributed by atoms with E-state index < -0.39 is 0 Å². The molecule has 1 aliphatic rings. The van der Waals surface area contributed by atoms with Crippen LogP contribution in [0, 0.1) is 0 Å². The molecule has 1 aromatic rings. The van der Waals surface area contributed by atoms with Gasteiger partial charge in [0, 0.05) is 37.6 Å². The lowest BCUT2D eigenvalue weighted by Gasteiger charge is -2.15. The molecule has 3 heteroatoms. The lowest BCUT2D eigenvalue weighted by molar-refractivity contribution is 0.303. The predicted octanol–water partition coefficient (Wildman–Crippen LogP) is 1.88. The van der Waals surface area contributed by atoms with Crippen LogP contribution in [0.2, 0.25) is 0 Å². The maximum absolute atomic E-state index is 5.79. The van der Waals surface area contributed by atoms with Gasteiger partial charge in [0.05, 0.1) is 6.10 Å². The summed E-state index contributed by atoms with van der Waals surface area (Å²) in [5.74, 6) is 0.885. The zero-order valence-corrected chi connectivity index (χ0v) is 8.66. The van der Waals surface area contributed by atoms with E-state index in [2.05, 4.69) is 0 Å². The van der Waals surface area contributed by atoms with E-state index in [-0.39, 0.29) is 0 Å². The number of anilines is 2. The van der Waals surface area contributed by atoms with Crippen LogP contribution in [0.3, 0.4) is 0 Å². The van der Waals surface area contributed by atoms with Crippen molar-refractivity contribution in [3.8, 4) is 5.75 Å². The maximum Gasteiger partial charge on any atom is 0.123 e. The second-order valence-corrected chi connectivity index (χ2v) is 3.97. The molecule has 14 heavy (non-hydrogen) atoms. The molecule has 0 aliphatic heterocycles. The standard InChI is InChI=1S/C11H16N2O/c1-13(2)9-5-8(12)6-11(7-9)14-10-3-4-10/h5-7,10H,3-4,12H2,1-2H3. The number of hydrogen-bond acceptors (Lipinski definition) is 3. The van der Waals surface area contributed by atoms with Gasteiger partial charge in [-0.1, -0.05) is 0 Å². The number of hydrogen-bond donors (Lipinski definition) is 1. The first-order valence-electron chi connectivity index (χ1n) is 4.90. The Morgan fingerprint density at radius 3 is 2.57 bits per heavy atom. The second kappa shape index (κ2) is 3.40. The van der Waals surface area contributed by atoms with Crippen molar-refractivity contribution in [2.24, 2.45) is 0 Å². The fourth-order valence-electron chi connectivity index (χ4n) is 1.31. The number of benzene rings is 1. The van der Waals surface area contributed by atoms with Gasteiger partial charge in [-0.15, -0.1) is 0 Å². The summed E-state index contributed by atoms with van der Waals surface area (Å²) in [6.45, 7) is 0. The maximum atomic E-state index is 5.79. The van der Waals surface area contributed by atoms with E-state index in [0.29, 0.717) is 6.10 Å².